The van der Waals surface area contributed by atoms with E-state index in [4.69, 9.17) is 5.11 Å². The molecule has 5 heteroatoms. The zero-order valence-electron chi connectivity index (χ0n) is 10.9. The Kier molecular flexibility index (Phi) is 4.47. The molecule has 98 valence electrons. The lowest BCUT2D eigenvalue weighted by atomic mass is 9.88. The topological polar surface area (TPSA) is 57.6 Å². The van der Waals surface area contributed by atoms with E-state index in [1.165, 1.54) is 0 Å². The molecule has 2 unspecified atom stereocenters. The predicted molar refractivity (Wildman–Crippen MR) is 69.1 cm³/mol. The number of carboxylic acid groups (broad SMARTS) is 1. The fourth-order valence-corrected chi connectivity index (χ4v) is 2.94. The molecule has 1 saturated heterocycles. The lowest BCUT2D eigenvalue weighted by Crippen LogP contribution is -2.49. The van der Waals surface area contributed by atoms with Crippen molar-refractivity contribution in [3.05, 3.63) is 0 Å². The molecule has 0 saturated carbocycles. The average molecular weight is 259 g/mol. The van der Waals surface area contributed by atoms with Gasteiger partial charge in [0.05, 0.1) is 5.41 Å². The summed E-state index contributed by atoms with van der Waals surface area (Å²) in [6, 6.07) is 0.186. The van der Waals surface area contributed by atoms with E-state index in [1.54, 1.807) is 13.8 Å². The molecule has 0 spiro atoms. The highest BCUT2D eigenvalue weighted by atomic mass is 32.2. The van der Waals surface area contributed by atoms with Crippen molar-refractivity contribution in [1.82, 2.24) is 4.90 Å². The fourth-order valence-electron chi connectivity index (χ4n) is 1.84. The van der Waals surface area contributed by atoms with Crippen molar-refractivity contribution in [1.29, 1.82) is 0 Å². The summed E-state index contributed by atoms with van der Waals surface area (Å²) in [6.45, 7) is 8.06. The van der Waals surface area contributed by atoms with Gasteiger partial charge >= 0.3 is 5.97 Å². The molecule has 17 heavy (non-hydrogen) atoms. The molecule has 1 fully saturated rings. The van der Waals surface area contributed by atoms with Gasteiger partial charge in [-0.25, -0.2) is 0 Å². The monoisotopic (exact) mass is 259 g/mol. The van der Waals surface area contributed by atoms with Crippen molar-refractivity contribution in [2.75, 3.05) is 12.3 Å². The van der Waals surface area contributed by atoms with Gasteiger partial charge in [-0.05, 0) is 20.8 Å². The Balaban J connectivity index is 2.67. The van der Waals surface area contributed by atoms with Crippen molar-refractivity contribution < 1.29 is 14.7 Å². The Bertz CT molecular complexity index is 317. The number of amides is 1. The molecule has 4 nitrogen and oxygen atoms in total. The van der Waals surface area contributed by atoms with Crippen LogP contribution in [0, 0.1) is 5.41 Å². The number of hydrogen-bond acceptors (Lipinski definition) is 3. The molecular weight excluding hydrogens is 238 g/mol. The van der Waals surface area contributed by atoms with Crippen LogP contribution < -0.4 is 0 Å². The van der Waals surface area contributed by atoms with Crippen molar-refractivity contribution in [3.8, 4) is 0 Å². The van der Waals surface area contributed by atoms with Crippen LogP contribution >= 0.6 is 11.8 Å². The van der Waals surface area contributed by atoms with Crippen LogP contribution in [0.1, 0.15) is 34.1 Å². The average Bonchev–Trinajstić information content (AvgIpc) is 2.21. The molecule has 1 rings (SSSR count). The van der Waals surface area contributed by atoms with Gasteiger partial charge in [0.2, 0.25) is 5.91 Å². The maximum absolute atomic E-state index is 12.1. The minimum atomic E-state index is -0.982. The van der Waals surface area contributed by atoms with E-state index in [1.807, 2.05) is 23.6 Å². The van der Waals surface area contributed by atoms with Gasteiger partial charge in [0, 0.05) is 30.0 Å². The SMILES string of the molecule is CC1SCCN(C(=O)CC(C)(C)C(=O)O)C1C. The van der Waals surface area contributed by atoms with Crippen LogP contribution in [-0.4, -0.2) is 45.5 Å². The lowest BCUT2D eigenvalue weighted by Gasteiger charge is -2.38. The van der Waals surface area contributed by atoms with Gasteiger partial charge in [0.1, 0.15) is 0 Å². The number of aliphatic carboxylic acids is 1. The van der Waals surface area contributed by atoms with Crippen molar-refractivity contribution >= 4 is 23.6 Å². The first kappa shape index (κ1) is 14.4. The molecule has 0 aliphatic carbocycles. The summed E-state index contributed by atoms with van der Waals surface area (Å²) in [4.78, 5) is 25.0. The van der Waals surface area contributed by atoms with Crippen LogP contribution in [-0.2, 0) is 9.59 Å². The van der Waals surface area contributed by atoms with Gasteiger partial charge in [-0.15, -0.1) is 0 Å². The molecule has 1 aliphatic rings. The zero-order valence-corrected chi connectivity index (χ0v) is 11.7. The van der Waals surface area contributed by atoms with Gasteiger partial charge < -0.3 is 10.0 Å². The van der Waals surface area contributed by atoms with Crippen LogP contribution in [0.15, 0.2) is 0 Å². The number of carbonyl (C=O) groups excluding carboxylic acids is 1. The van der Waals surface area contributed by atoms with E-state index >= 15 is 0 Å². The highest BCUT2D eigenvalue weighted by molar-refractivity contribution is 8.00. The molecule has 1 amide bonds. The number of carbonyl (C=O) groups is 2. The molecule has 0 radical (unpaired) electrons. The second-order valence-electron chi connectivity index (χ2n) is 5.27. The Labute approximate surface area is 107 Å². The third kappa shape index (κ3) is 3.37. The standard InChI is InChI=1S/C12H21NO3S/c1-8-9(2)17-6-5-13(8)10(14)7-12(3,4)11(15)16/h8-9H,5-7H2,1-4H3,(H,15,16). The third-order valence-electron chi connectivity index (χ3n) is 3.38. The minimum Gasteiger partial charge on any atom is -0.481 e. The normalized spacial score (nSPS) is 25.8. The molecule has 0 aromatic rings. The largest absolute Gasteiger partial charge is 0.481 e. The Morgan fingerprint density at radius 1 is 1.41 bits per heavy atom. The van der Waals surface area contributed by atoms with E-state index in [9.17, 15) is 9.59 Å². The molecular formula is C12H21NO3S. The van der Waals surface area contributed by atoms with Crippen LogP contribution in [0.3, 0.4) is 0 Å². The van der Waals surface area contributed by atoms with Crippen LogP contribution in [0.25, 0.3) is 0 Å². The second-order valence-corrected chi connectivity index (χ2v) is 6.75. The molecule has 2 atom stereocenters. The second kappa shape index (κ2) is 5.29. The summed E-state index contributed by atoms with van der Waals surface area (Å²) in [5, 5.41) is 9.45. The molecule has 0 aromatic heterocycles. The van der Waals surface area contributed by atoms with Crippen molar-refractivity contribution in [2.45, 2.75) is 45.4 Å². The highest BCUT2D eigenvalue weighted by Crippen LogP contribution is 2.28. The molecule has 1 N–H and O–H groups in total. The first-order chi connectivity index (χ1) is 7.75. The Hall–Kier alpha value is -0.710. The van der Waals surface area contributed by atoms with Gasteiger partial charge in [-0.3, -0.25) is 9.59 Å². The summed E-state index contributed by atoms with van der Waals surface area (Å²) in [6.07, 6.45) is 0.0735. The quantitative estimate of drug-likeness (QED) is 0.840. The number of thioether (sulfide) groups is 1. The van der Waals surface area contributed by atoms with Crippen LogP contribution in [0.4, 0.5) is 0 Å². The molecule has 0 bridgehead atoms. The lowest BCUT2D eigenvalue weighted by molar-refractivity contribution is -0.152. The zero-order chi connectivity index (χ0) is 13.2. The van der Waals surface area contributed by atoms with E-state index in [2.05, 4.69) is 6.92 Å². The summed E-state index contributed by atoms with van der Waals surface area (Å²) in [5.41, 5.74) is -0.982. The van der Waals surface area contributed by atoms with Crippen LogP contribution in [0.2, 0.25) is 0 Å². The fraction of sp³-hybridized carbons (Fsp3) is 0.833. The predicted octanol–water partition coefficient (Wildman–Crippen LogP) is 1.84. The van der Waals surface area contributed by atoms with Gasteiger partial charge in [-0.2, -0.15) is 11.8 Å². The summed E-state index contributed by atoms with van der Waals surface area (Å²) in [7, 11) is 0. The van der Waals surface area contributed by atoms with Gasteiger partial charge in [0.15, 0.2) is 0 Å². The number of nitrogens with zero attached hydrogens (tertiary/aromatic N) is 1. The summed E-state index contributed by atoms with van der Waals surface area (Å²) < 4.78 is 0. The highest BCUT2D eigenvalue weighted by Gasteiger charge is 2.35. The third-order valence-corrected chi connectivity index (χ3v) is 4.71. The van der Waals surface area contributed by atoms with Crippen LogP contribution in [0.5, 0.6) is 0 Å². The van der Waals surface area contributed by atoms with E-state index < -0.39 is 11.4 Å². The number of rotatable bonds is 3. The van der Waals surface area contributed by atoms with E-state index in [0.717, 1.165) is 12.3 Å². The van der Waals surface area contributed by atoms with Crippen molar-refractivity contribution in [2.24, 2.45) is 5.41 Å². The molecule has 1 heterocycles. The maximum Gasteiger partial charge on any atom is 0.309 e. The first-order valence-electron chi connectivity index (χ1n) is 5.90. The smallest absolute Gasteiger partial charge is 0.309 e. The maximum atomic E-state index is 12.1. The number of carboxylic acids is 1. The van der Waals surface area contributed by atoms with Gasteiger partial charge in [0.25, 0.3) is 0 Å². The first-order valence-corrected chi connectivity index (χ1v) is 6.95. The Morgan fingerprint density at radius 3 is 2.53 bits per heavy atom. The minimum absolute atomic E-state index is 0.0444. The molecule has 1 aliphatic heterocycles. The van der Waals surface area contributed by atoms with Gasteiger partial charge in [-0.1, -0.05) is 6.92 Å². The summed E-state index contributed by atoms with van der Waals surface area (Å²) >= 11 is 1.86. The molecule has 0 aromatic carbocycles. The van der Waals surface area contributed by atoms with Crippen molar-refractivity contribution in [3.63, 3.8) is 0 Å². The van der Waals surface area contributed by atoms with E-state index in [-0.39, 0.29) is 18.4 Å². The summed E-state index contributed by atoms with van der Waals surface area (Å²) in [5.74, 6) is -0.0277. The number of hydrogen-bond donors (Lipinski definition) is 1. The van der Waals surface area contributed by atoms with E-state index in [0.29, 0.717) is 5.25 Å². The Morgan fingerprint density at radius 2 is 2.00 bits per heavy atom.